The topological polar surface area (TPSA) is 96.4 Å². The van der Waals surface area contributed by atoms with Gasteiger partial charge in [-0.25, -0.2) is 22.9 Å². The minimum Gasteiger partial charge on any atom is -0.476 e. The van der Waals surface area contributed by atoms with Crippen LogP contribution in [0.25, 0.3) is 0 Å². The van der Waals surface area contributed by atoms with E-state index < -0.39 is 16.0 Å². The molecule has 2 N–H and O–H groups in total. The lowest BCUT2D eigenvalue weighted by atomic mass is 10.2. The Bertz CT molecular complexity index is 753. The number of carboxylic acids is 1. The SMILES string of the molecule is Cc1cccc(S(=O)(=O)NCCc2nc(C(=O)O)cs2)c1. The second-order valence-electron chi connectivity index (χ2n) is 4.40. The van der Waals surface area contributed by atoms with Crippen molar-refractivity contribution in [1.29, 1.82) is 0 Å². The van der Waals surface area contributed by atoms with E-state index in [9.17, 15) is 13.2 Å². The summed E-state index contributed by atoms with van der Waals surface area (Å²) < 4.78 is 26.6. The van der Waals surface area contributed by atoms with Crippen molar-refractivity contribution >= 4 is 27.3 Å². The molecule has 0 saturated heterocycles. The molecule has 0 saturated carbocycles. The van der Waals surface area contributed by atoms with Crippen molar-refractivity contribution in [1.82, 2.24) is 9.71 Å². The Hall–Kier alpha value is -1.77. The highest BCUT2D eigenvalue weighted by molar-refractivity contribution is 7.89. The molecule has 2 rings (SSSR count). The summed E-state index contributed by atoms with van der Waals surface area (Å²) in [7, 11) is -3.55. The third-order valence-corrected chi connectivity index (χ3v) is 5.07. The third-order valence-electron chi connectivity index (χ3n) is 2.70. The number of thiazole rings is 1. The molecular weight excluding hydrogens is 312 g/mol. The molecule has 21 heavy (non-hydrogen) atoms. The number of aryl methyl sites for hydroxylation is 1. The first kappa shape index (κ1) is 15.6. The quantitative estimate of drug-likeness (QED) is 0.842. The van der Waals surface area contributed by atoms with Crippen molar-refractivity contribution in [3.8, 4) is 0 Å². The first-order chi connectivity index (χ1) is 9.88. The molecular formula is C13H14N2O4S2. The lowest BCUT2D eigenvalue weighted by molar-refractivity contribution is 0.0691. The van der Waals surface area contributed by atoms with Crippen molar-refractivity contribution in [2.75, 3.05) is 6.54 Å². The third kappa shape index (κ3) is 4.10. The molecule has 0 unspecified atom stereocenters. The fourth-order valence-corrected chi connectivity index (χ4v) is 3.59. The zero-order valence-electron chi connectivity index (χ0n) is 11.2. The number of benzene rings is 1. The minimum atomic E-state index is -3.55. The predicted octanol–water partition coefficient (Wildman–Crippen LogP) is 1.67. The van der Waals surface area contributed by atoms with Crippen LogP contribution in [-0.2, 0) is 16.4 Å². The van der Waals surface area contributed by atoms with Crippen LogP contribution in [0, 0.1) is 6.92 Å². The number of sulfonamides is 1. The summed E-state index contributed by atoms with van der Waals surface area (Å²) in [4.78, 5) is 14.8. The molecule has 0 radical (unpaired) electrons. The van der Waals surface area contributed by atoms with Gasteiger partial charge in [0.15, 0.2) is 5.69 Å². The van der Waals surface area contributed by atoms with Gasteiger partial charge in [-0.3, -0.25) is 0 Å². The maximum atomic E-state index is 12.1. The smallest absolute Gasteiger partial charge is 0.355 e. The van der Waals surface area contributed by atoms with Gasteiger partial charge < -0.3 is 5.11 Å². The molecule has 8 heteroatoms. The number of carboxylic acid groups (broad SMARTS) is 1. The standard InChI is InChI=1S/C13H14N2O4S2/c1-9-3-2-4-10(7-9)21(18,19)14-6-5-12-15-11(8-20-12)13(16)17/h2-4,7-8,14H,5-6H2,1H3,(H,16,17). The Morgan fingerprint density at radius 3 is 2.81 bits per heavy atom. The molecule has 0 atom stereocenters. The molecule has 1 heterocycles. The molecule has 1 aromatic carbocycles. The second-order valence-corrected chi connectivity index (χ2v) is 7.11. The van der Waals surface area contributed by atoms with Gasteiger partial charge in [-0.05, 0) is 24.6 Å². The minimum absolute atomic E-state index is 0.0171. The first-order valence-corrected chi connectivity index (χ1v) is 8.49. The molecule has 2 aromatic rings. The van der Waals surface area contributed by atoms with Gasteiger partial charge in [0.25, 0.3) is 0 Å². The number of hydrogen-bond acceptors (Lipinski definition) is 5. The Labute approximate surface area is 126 Å². The van der Waals surface area contributed by atoms with Crippen LogP contribution < -0.4 is 4.72 Å². The van der Waals surface area contributed by atoms with Crippen molar-refractivity contribution in [2.24, 2.45) is 0 Å². The number of hydrogen-bond donors (Lipinski definition) is 2. The largest absolute Gasteiger partial charge is 0.476 e. The molecule has 0 bridgehead atoms. The molecule has 0 fully saturated rings. The molecule has 0 aliphatic heterocycles. The van der Waals surface area contributed by atoms with Gasteiger partial charge in [-0.1, -0.05) is 12.1 Å². The van der Waals surface area contributed by atoms with E-state index in [1.807, 2.05) is 13.0 Å². The molecule has 112 valence electrons. The van der Waals surface area contributed by atoms with Crippen LogP contribution in [0.15, 0.2) is 34.5 Å². The van der Waals surface area contributed by atoms with E-state index in [-0.39, 0.29) is 17.1 Å². The van der Waals surface area contributed by atoms with Gasteiger partial charge in [0.2, 0.25) is 10.0 Å². The van der Waals surface area contributed by atoms with E-state index in [0.29, 0.717) is 11.4 Å². The van der Waals surface area contributed by atoms with Crippen LogP contribution in [0.5, 0.6) is 0 Å². The second kappa shape index (κ2) is 6.33. The summed E-state index contributed by atoms with van der Waals surface area (Å²) in [6.07, 6.45) is 0.350. The monoisotopic (exact) mass is 326 g/mol. The van der Waals surface area contributed by atoms with Crippen molar-refractivity contribution < 1.29 is 18.3 Å². The average Bonchev–Trinajstić information content (AvgIpc) is 2.87. The van der Waals surface area contributed by atoms with Crippen molar-refractivity contribution in [3.63, 3.8) is 0 Å². The molecule has 0 spiro atoms. The molecule has 0 aliphatic rings. The Morgan fingerprint density at radius 1 is 1.43 bits per heavy atom. The summed E-state index contributed by atoms with van der Waals surface area (Å²) in [5, 5.41) is 10.8. The van der Waals surface area contributed by atoms with E-state index in [1.54, 1.807) is 12.1 Å². The van der Waals surface area contributed by atoms with Crippen molar-refractivity contribution in [3.05, 3.63) is 45.9 Å². The highest BCUT2D eigenvalue weighted by atomic mass is 32.2. The van der Waals surface area contributed by atoms with Crippen LogP contribution in [-0.4, -0.2) is 31.0 Å². The van der Waals surface area contributed by atoms with Crippen molar-refractivity contribution in [2.45, 2.75) is 18.2 Å². The molecule has 1 aromatic heterocycles. The summed E-state index contributed by atoms with van der Waals surface area (Å²) in [6, 6.07) is 6.63. The Balaban J connectivity index is 1.97. The molecule has 0 amide bonds. The summed E-state index contributed by atoms with van der Waals surface area (Å²) in [5.74, 6) is -1.09. The van der Waals surface area contributed by atoms with E-state index in [4.69, 9.17) is 5.11 Å². The Kier molecular flexibility index (Phi) is 4.71. The van der Waals surface area contributed by atoms with Crippen LogP contribution >= 0.6 is 11.3 Å². The van der Waals surface area contributed by atoms with Crippen LogP contribution in [0.1, 0.15) is 21.1 Å². The zero-order chi connectivity index (χ0) is 15.5. The highest BCUT2D eigenvalue weighted by Crippen LogP contribution is 2.12. The number of nitrogens with one attached hydrogen (secondary N) is 1. The molecule has 6 nitrogen and oxygen atoms in total. The maximum absolute atomic E-state index is 12.1. The van der Waals surface area contributed by atoms with Gasteiger partial charge in [0.1, 0.15) is 0 Å². The van der Waals surface area contributed by atoms with Gasteiger partial charge in [-0.15, -0.1) is 11.3 Å². The van der Waals surface area contributed by atoms with Crippen LogP contribution in [0.3, 0.4) is 0 Å². The zero-order valence-corrected chi connectivity index (χ0v) is 12.9. The van der Waals surface area contributed by atoms with Crippen LogP contribution in [0.4, 0.5) is 0 Å². The highest BCUT2D eigenvalue weighted by Gasteiger charge is 2.14. The normalized spacial score (nSPS) is 11.5. The lowest BCUT2D eigenvalue weighted by Gasteiger charge is -2.06. The summed E-state index contributed by atoms with van der Waals surface area (Å²) in [5.41, 5.74) is 0.848. The van der Waals surface area contributed by atoms with Gasteiger partial charge >= 0.3 is 5.97 Å². The Morgan fingerprint density at radius 2 is 2.19 bits per heavy atom. The number of aromatic carboxylic acids is 1. The molecule has 0 aliphatic carbocycles. The maximum Gasteiger partial charge on any atom is 0.355 e. The summed E-state index contributed by atoms with van der Waals surface area (Å²) in [6.45, 7) is 1.99. The predicted molar refractivity (Wildman–Crippen MR) is 79.1 cm³/mol. The van der Waals surface area contributed by atoms with Crippen LogP contribution in [0.2, 0.25) is 0 Å². The lowest BCUT2D eigenvalue weighted by Crippen LogP contribution is -2.26. The van der Waals surface area contributed by atoms with E-state index >= 15 is 0 Å². The van der Waals surface area contributed by atoms with Gasteiger partial charge in [-0.2, -0.15) is 0 Å². The fourth-order valence-electron chi connectivity index (χ4n) is 1.68. The fraction of sp³-hybridized carbons (Fsp3) is 0.231. The number of rotatable bonds is 6. The number of nitrogens with zero attached hydrogens (tertiary/aromatic N) is 1. The summed E-state index contributed by atoms with van der Waals surface area (Å²) >= 11 is 1.20. The van der Waals surface area contributed by atoms with E-state index in [2.05, 4.69) is 9.71 Å². The van der Waals surface area contributed by atoms with E-state index in [0.717, 1.165) is 5.56 Å². The van der Waals surface area contributed by atoms with E-state index in [1.165, 1.54) is 22.8 Å². The van der Waals surface area contributed by atoms with Gasteiger partial charge in [0.05, 0.1) is 9.90 Å². The number of aromatic nitrogens is 1. The number of carbonyl (C=O) groups is 1. The average molecular weight is 326 g/mol. The van der Waals surface area contributed by atoms with Gasteiger partial charge in [0, 0.05) is 18.3 Å². The first-order valence-electron chi connectivity index (χ1n) is 6.12.